The minimum atomic E-state index is -0.623. The molecule has 6 heteroatoms. The van der Waals surface area contributed by atoms with Gasteiger partial charge in [0.2, 0.25) is 5.91 Å². The molecular formula is C20H21NO5. The van der Waals surface area contributed by atoms with E-state index in [1.165, 1.54) is 6.92 Å². The van der Waals surface area contributed by atoms with Crippen LogP contribution in [0.2, 0.25) is 0 Å². The molecule has 1 amide bonds. The van der Waals surface area contributed by atoms with E-state index in [2.05, 4.69) is 5.32 Å². The van der Waals surface area contributed by atoms with Crippen molar-refractivity contribution in [2.75, 3.05) is 20.3 Å². The molecule has 0 saturated carbocycles. The zero-order chi connectivity index (χ0) is 18.8. The molecule has 2 rings (SSSR count). The second-order valence-corrected chi connectivity index (χ2v) is 5.31. The van der Waals surface area contributed by atoms with Crippen molar-refractivity contribution in [3.8, 4) is 11.5 Å². The van der Waals surface area contributed by atoms with Gasteiger partial charge in [-0.25, -0.2) is 4.79 Å². The summed E-state index contributed by atoms with van der Waals surface area (Å²) in [6.45, 7) is 1.58. The zero-order valence-electron chi connectivity index (χ0n) is 14.7. The highest BCUT2D eigenvalue weighted by molar-refractivity contribution is 5.97. The Labute approximate surface area is 152 Å². The third-order valence-corrected chi connectivity index (χ3v) is 3.29. The molecule has 0 fully saturated rings. The fourth-order valence-electron chi connectivity index (χ4n) is 2.10. The predicted octanol–water partition coefficient (Wildman–Crippen LogP) is 2.79. The minimum Gasteiger partial charge on any atom is -0.497 e. The molecule has 0 saturated heterocycles. The molecule has 0 unspecified atom stereocenters. The molecule has 0 radical (unpaired) electrons. The van der Waals surface area contributed by atoms with Crippen molar-refractivity contribution in [1.29, 1.82) is 0 Å². The molecule has 6 nitrogen and oxygen atoms in total. The van der Waals surface area contributed by atoms with E-state index in [1.807, 2.05) is 30.3 Å². The molecule has 26 heavy (non-hydrogen) atoms. The lowest BCUT2D eigenvalue weighted by atomic mass is 10.2. The van der Waals surface area contributed by atoms with Crippen LogP contribution in [-0.4, -0.2) is 32.2 Å². The van der Waals surface area contributed by atoms with E-state index >= 15 is 0 Å². The fraction of sp³-hybridized carbons (Fsp3) is 0.200. The summed E-state index contributed by atoms with van der Waals surface area (Å²) < 4.78 is 15.7. The van der Waals surface area contributed by atoms with E-state index < -0.39 is 5.97 Å². The lowest BCUT2D eigenvalue weighted by Gasteiger charge is -2.10. The van der Waals surface area contributed by atoms with Gasteiger partial charge < -0.3 is 19.5 Å². The minimum absolute atomic E-state index is 0.0522. The number of nitrogens with one attached hydrogen (secondary N) is 1. The molecule has 0 aliphatic heterocycles. The third kappa shape index (κ3) is 6.32. The maximum atomic E-state index is 12.2. The molecule has 0 atom stereocenters. The van der Waals surface area contributed by atoms with Gasteiger partial charge >= 0.3 is 5.97 Å². The number of rotatable bonds is 8. The number of esters is 1. The van der Waals surface area contributed by atoms with Crippen molar-refractivity contribution >= 4 is 18.0 Å². The quantitative estimate of drug-likeness (QED) is 0.448. The van der Waals surface area contributed by atoms with Gasteiger partial charge in [0.15, 0.2) is 0 Å². The van der Waals surface area contributed by atoms with Crippen molar-refractivity contribution in [2.45, 2.75) is 6.92 Å². The van der Waals surface area contributed by atoms with E-state index in [-0.39, 0.29) is 24.8 Å². The summed E-state index contributed by atoms with van der Waals surface area (Å²) in [5, 5.41) is 2.49. The number of ether oxygens (including phenoxy) is 3. The number of benzene rings is 2. The van der Waals surface area contributed by atoms with Crippen LogP contribution in [0, 0.1) is 0 Å². The van der Waals surface area contributed by atoms with Gasteiger partial charge in [-0.2, -0.15) is 0 Å². The van der Waals surface area contributed by atoms with Gasteiger partial charge in [0.05, 0.1) is 7.11 Å². The molecule has 0 aromatic heterocycles. The molecule has 0 heterocycles. The molecule has 0 aliphatic carbocycles. The van der Waals surface area contributed by atoms with Gasteiger partial charge in [-0.05, 0) is 35.9 Å². The van der Waals surface area contributed by atoms with Crippen LogP contribution in [0.5, 0.6) is 11.5 Å². The number of amides is 1. The Morgan fingerprint density at radius 2 is 1.62 bits per heavy atom. The SMILES string of the molecule is COc1ccc(OCCOC(=O)C(=Cc2ccccc2)NC(C)=O)cc1. The number of hydrogen-bond donors (Lipinski definition) is 1. The van der Waals surface area contributed by atoms with E-state index in [9.17, 15) is 9.59 Å². The topological polar surface area (TPSA) is 73.9 Å². The fourth-order valence-corrected chi connectivity index (χ4v) is 2.10. The van der Waals surface area contributed by atoms with Crippen LogP contribution in [-0.2, 0) is 14.3 Å². The van der Waals surface area contributed by atoms with Crippen LogP contribution in [0.4, 0.5) is 0 Å². The summed E-state index contributed by atoms with van der Waals surface area (Å²) in [5.74, 6) is 0.402. The maximum Gasteiger partial charge on any atom is 0.354 e. The first-order chi connectivity index (χ1) is 12.6. The molecule has 0 bridgehead atoms. The van der Waals surface area contributed by atoms with Crippen LogP contribution < -0.4 is 14.8 Å². The summed E-state index contributed by atoms with van der Waals surface area (Å²) >= 11 is 0. The normalized spacial score (nSPS) is 10.8. The number of carbonyl (C=O) groups is 2. The third-order valence-electron chi connectivity index (χ3n) is 3.29. The summed E-state index contributed by atoms with van der Waals surface area (Å²) in [4.78, 5) is 23.5. The molecule has 1 N–H and O–H groups in total. The van der Waals surface area contributed by atoms with E-state index in [1.54, 1.807) is 37.5 Å². The lowest BCUT2D eigenvalue weighted by molar-refractivity contribution is -0.141. The lowest BCUT2D eigenvalue weighted by Crippen LogP contribution is -2.27. The van der Waals surface area contributed by atoms with Gasteiger partial charge in [0.25, 0.3) is 0 Å². The average molecular weight is 355 g/mol. The van der Waals surface area contributed by atoms with Crippen molar-refractivity contribution in [2.24, 2.45) is 0 Å². The highest BCUT2D eigenvalue weighted by atomic mass is 16.6. The second-order valence-electron chi connectivity index (χ2n) is 5.31. The Morgan fingerprint density at radius 1 is 0.962 bits per heavy atom. The number of carbonyl (C=O) groups excluding carboxylic acids is 2. The van der Waals surface area contributed by atoms with Gasteiger partial charge in [0.1, 0.15) is 30.4 Å². The largest absolute Gasteiger partial charge is 0.497 e. The molecule has 0 spiro atoms. The van der Waals surface area contributed by atoms with Crippen molar-refractivity contribution in [3.63, 3.8) is 0 Å². The van der Waals surface area contributed by atoms with Gasteiger partial charge in [-0.3, -0.25) is 4.79 Å². The Kier molecular flexibility index (Phi) is 7.24. The monoisotopic (exact) mass is 355 g/mol. The van der Waals surface area contributed by atoms with Crippen LogP contribution in [0.25, 0.3) is 6.08 Å². The standard InChI is InChI=1S/C20H21NO5/c1-15(22)21-19(14-16-6-4-3-5-7-16)20(23)26-13-12-25-18-10-8-17(24-2)9-11-18/h3-11,14H,12-13H2,1-2H3,(H,21,22). The van der Waals surface area contributed by atoms with Gasteiger partial charge in [-0.15, -0.1) is 0 Å². The van der Waals surface area contributed by atoms with Gasteiger partial charge in [0, 0.05) is 6.92 Å². The number of hydrogen-bond acceptors (Lipinski definition) is 5. The van der Waals surface area contributed by atoms with Crippen LogP contribution in [0.3, 0.4) is 0 Å². The summed E-state index contributed by atoms with van der Waals surface area (Å²) in [7, 11) is 1.59. The van der Waals surface area contributed by atoms with Crippen LogP contribution in [0.15, 0.2) is 60.3 Å². The molecule has 0 aliphatic rings. The summed E-state index contributed by atoms with van der Waals surface area (Å²) in [5.41, 5.74) is 0.857. The van der Waals surface area contributed by atoms with Crippen molar-refractivity contribution in [3.05, 3.63) is 65.9 Å². The first kappa shape index (κ1) is 19.1. The zero-order valence-corrected chi connectivity index (χ0v) is 14.7. The first-order valence-corrected chi connectivity index (χ1v) is 8.07. The van der Waals surface area contributed by atoms with Crippen molar-refractivity contribution in [1.82, 2.24) is 5.32 Å². The Hall–Kier alpha value is -3.28. The van der Waals surface area contributed by atoms with Gasteiger partial charge in [-0.1, -0.05) is 30.3 Å². The summed E-state index contributed by atoms with van der Waals surface area (Å²) in [6, 6.07) is 16.3. The highest BCUT2D eigenvalue weighted by Gasteiger charge is 2.13. The number of methoxy groups -OCH3 is 1. The molecule has 2 aromatic carbocycles. The van der Waals surface area contributed by atoms with E-state index in [0.29, 0.717) is 5.75 Å². The highest BCUT2D eigenvalue weighted by Crippen LogP contribution is 2.16. The van der Waals surface area contributed by atoms with Crippen LogP contribution in [0.1, 0.15) is 12.5 Å². The molecule has 136 valence electrons. The maximum absolute atomic E-state index is 12.2. The van der Waals surface area contributed by atoms with Crippen molar-refractivity contribution < 1.29 is 23.8 Å². The summed E-state index contributed by atoms with van der Waals surface area (Å²) in [6.07, 6.45) is 1.56. The molecular weight excluding hydrogens is 334 g/mol. The Bertz CT molecular complexity index is 754. The Balaban J connectivity index is 1.88. The molecule has 2 aromatic rings. The Morgan fingerprint density at radius 3 is 2.23 bits per heavy atom. The van der Waals surface area contributed by atoms with Crippen LogP contribution >= 0.6 is 0 Å². The van der Waals surface area contributed by atoms with E-state index in [0.717, 1.165) is 11.3 Å². The smallest absolute Gasteiger partial charge is 0.354 e. The second kappa shape index (κ2) is 9.88. The average Bonchev–Trinajstić information content (AvgIpc) is 2.65. The predicted molar refractivity (Wildman–Crippen MR) is 97.7 cm³/mol. The van der Waals surface area contributed by atoms with E-state index in [4.69, 9.17) is 14.2 Å². The first-order valence-electron chi connectivity index (χ1n) is 8.07.